The molecule has 0 aromatic heterocycles. The Morgan fingerprint density at radius 1 is 1.15 bits per heavy atom. The van der Waals surface area contributed by atoms with Gasteiger partial charge < -0.3 is 30.3 Å². The summed E-state index contributed by atoms with van der Waals surface area (Å²) < 4.78 is 10.0. The van der Waals surface area contributed by atoms with Gasteiger partial charge in [-0.3, -0.25) is 9.91 Å². The summed E-state index contributed by atoms with van der Waals surface area (Å²) in [5.74, 6) is 0.441. The highest BCUT2D eigenvalue weighted by atomic mass is 16.7. The molecule has 182 valence electrons. The number of hydrogen-bond donors (Lipinski definition) is 3. The Bertz CT molecular complexity index is 1020. The van der Waals surface area contributed by atoms with Gasteiger partial charge in [-0.1, -0.05) is 11.7 Å². The lowest BCUT2D eigenvalue weighted by molar-refractivity contribution is -0.00759. The number of esters is 1. The van der Waals surface area contributed by atoms with Gasteiger partial charge in [0.1, 0.15) is 12.4 Å². The Labute approximate surface area is 199 Å². The van der Waals surface area contributed by atoms with Gasteiger partial charge in [0.15, 0.2) is 0 Å². The summed E-state index contributed by atoms with van der Waals surface area (Å²) in [7, 11) is 1.56. The van der Waals surface area contributed by atoms with Gasteiger partial charge >= 0.3 is 5.97 Å². The summed E-state index contributed by atoms with van der Waals surface area (Å²) in [6.07, 6.45) is 1.96. The summed E-state index contributed by atoms with van der Waals surface area (Å²) in [6, 6.07) is 13.4. The van der Waals surface area contributed by atoms with Crippen molar-refractivity contribution in [3.05, 3.63) is 60.0 Å². The first-order valence-electron chi connectivity index (χ1n) is 11.3. The van der Waals surface area contributed by atoms with Crippen LogP contribution in [0.5, 0.6) is 0 Å². The molecule has 0 spiro atoms. The largest absolute Gasteiger partial charge is 0.460 e. The Morgan fingerprint density at radius 2 is 1.97 bits per heavy atom. The number of carbonyl (C=O) groups excluding carboxylic acids is 1. The zero-order valence-corrected chi connectivity index (χ0v) is 19.6. The highest BCUT2D eigenvalue weighted by molar-refractivity contribution is 5.92. The molecular weight excluding hydrogens is 436 g/mol. The third-order valence-electron chi connectivity index (χ3n) is 5.68. The van der Waals surface area contributed by atoms with Crippen LogP contribution in [-0.4, -0.2) is 69.0 Å². The second-order valence-corrected chi connectivity index (χ2v) is 8.26. The number of rotatable bonds is 9. The van der Waals surface area contributed by atoms with Crippen LogP contribution in [0.15, 0.2) is 54.4 Å². The number of nitrogen functional groups attached to an aromatic ring is 1. The quantitative estimate of drug-likeness (QED) is 0.289. The van der Waals surface area contributed by atoms with E-state index in [9.17, 15) is 4.79 Å². The van der Waals surface area contributed by atoms with Crippen molar-refractivity contribution < 1.29 is 19.1 Å². The van der Waals surface area contributed by atoms with Crippen LogP contribution in [0.1, 0.15) is 17.3 Å². The molecule has 10 nitrogen and oxygen atoms in total. The van der Waals surface area contributed by atoms with E-state index < -0.39 is 5.97 Å². The van der Waals surface area contributed by atoms with Gasteiger partial charge in [0.2, 0.25) is 0 Å². The minimum atomic E-state index is -0.421. The Kier molecular flexibility index (Phi) is 7.73. The monoisotopic (exact) mass is 468 g/mol. The van der Waals surface area contributed by atoms with E-state index in [1.807, 2.05) is 30.3 Å². The third kappa shape index (κ3) is 6.10. The molecule has 2 aliphatic rings. The molecule has 10 heteroatoms. The SMILES string of the molecule is COCCOC(=O)c1ccc(Nc2cccc(N3CCN(CN4C=C(C)ON4)CC3)c2)c(N)c1. The third-order valence-corrected chi connectivity index (χ3v) is 5.68. The minimum Gasteiger partial charge on any atom is -0.460 e. The van der Waals surface area contributed by atoms with Crippen molar-refractivity contribution in [1.29, 1.82) is 0 Å². The Balaban J connectivity index is 1.33. The minimum absolute atomic E-state index is 0.205. The normalized spacial score (nSPS) is 16.2. The molecule has 0 unspecified atom stereocenters. The van der Waals surface area contributed by atoms with Crippen LogP contribution in [0.2, 0.25) is 0 Å². The zero-order valence-electron chi connectivity index (χ0n) is 19.6. The molecule has 34 heavy (non-hydrogen) atoms. The summed E-state index contributed by atoms with van der Waals surface area (Å²) in [5, 5.41) is 5.31. The number of hydrogen-bond acceptors (Lipinski definition) is 10. The fraction of sp³-hybridized carbons (Fsp3) is 0.375. The van der Waals surface area contributed by atoms with E-state index in [2.05, 4.69) is 32.8 Å². The molecule has 0 bridgehead atoms. The van der Waals surface area contributed by atoms with Gasteiger partial charge in [-0.15, -0.1) is 0 Å². The number of carbonyl (C=O) groups is 1. The predicted octanol–water partition coefficient (Wildman–Crippen LogP) is 2.51. The number of nitrogens with two attached hydrogens (primary N) is 1. The maximum atomic E-state index is 12.1. The summed E-state index contributed by atoms with van der Waals surface area (Å²) >= 11 is 0. The molecule has 4 N–H and O–H groups in total. The van der Waals surface area contributed by atoms with Crippen molar-refractivity contribution in [1.82, 2.24) is 15.5 Å². The zero-order chi connectivity index (χ0) is 23.9. The molecule has 0 aliphatic carbocycles. The smallest absolute Gasteiger partial charge is 0.338 e. The molecule has 0 amide bonds. The standard InChI is InChI=1S/C24H32N6O4/c1-18-16-30(27-34-18)17-28-8-10-29(11-9-28)21-5-3-4-20(15-21)26-23-7-6-19(14-22(23)25)24(31)33-13-12-32-2/h3-7,14-16,26-27H,8-13,17,25H2,1-2H3. The van der Waals surface area contributed by atoms with Gasteiger partial charge in [-0.2, -0.15) is 0 Å². The van der Waals surface area contributed by atoms with E-state index in [4.69, 9.17) is 20.0 Å². The lowest BCUT2D eigenvalue weighted by Gasteiger charge is -2.37. The number of ether oxygens (including phenoxy) is 2. The number of methoxy groups -OCH3 is 1. The topological polar surface area (TPSA) is 105 Å². The first kappa shape index (κ1) is 23.7. The number of nitrogens with one attached hydrogen (secondary N) is 2. The van der Waals surface area contributed by atoms with E-state index in [1.54, 1.807) is 25.3 Å². The van der Waals surface area contributed by atoms with Crippen molar-refractivity contribution in [3.8, 4) is 0 Å². The lowest BCUT2D eigenvalue weighted by Crippen LogP contribution is -2.50. The fourth-order valence-corrected chi connectivity index (χ4v) is 3.88. The Morgan fingerprint density at radius 3 is 2.68 bits per heavy atom. The average Bonchev–Trinajstić information content (AvgIpc) is 3.25. The predicted molar refractivity (Wildman–Crippen MR) is 131 cm³/mol. The molecule has 0 saturated carbocycles. The van der Waals surface area contributed by atoms with Crippen molar-refractivity contribution in [2.45, 2.75) is 6.92 Å². The van der Waals surface area contributed by atoms with Gasteiger partial charge in [0.25, 0.3) is 0 Å². The second-order valence-electron chi connectivity index (χ2n) is 8.26. The highest BCUT2D eigenvalue weighted by Gasteiger charge is 2.20. The van der Waals surface area contributed by atoms with E-state index in [0.29, 0.717) is 17.9 Å². The van der Waals surface area contributed by atoms with E-state index >= 15 is 0 Å². The fourth-order valence-electron chi connectivity index (χ4n) is 3.88. The first-order chi connectivity index (χ1) is 16.5. The van der Waals surface area contributed by atoms with Crippen LogP contribution in [0.3, 0.4) is 0 Å². The van der Waals surface area contributed by atoms with Crippen molar-refractivity contribution in [2.24, 2.45) is 0 Å². The molecule has 2 heterocycles. The van der Waals surface area contributed by atoms with Gasteiger partial charge in [-0.25, -0.2) is 4.79 Å². The van der Waals surface area contributed by atoms with Crippen LogP contribution < -0.4 is 21.5 Å². The molecule has 4 rings (SSSR count). The molecular formula is C24H32N6O4. The summed E-state index contributed by atoms with van der Waals surface area (Å²) in [6.45, 7) is 7.04. The molecule has 0 atom stereocenters. The summed E-state index contributed by atoms with van der Waals surface area (Å²) in [5.41, 5.74) is 12.8. The van der Waals surface area contributed by atoms with Gasteiger partial charge in [0, 0.05) is 44.7 Å². The molecule has 2 aromatic carbocycles. The number of nitrogens with zero attached hydrogens (tertiary/aromatic N) is 3. The number of benzene rings is 2. The summed E-state index contributed by atoms with van der Waals surface area (Å²) in [4.78, 5) is 22.1. The van der Waals surface area contributed by atoms with Crippen LogP contribution in [0.25, 0.3) is 0 Å². The molecule has 2 aromatic rings. The van der Waals surface area contributed by atoms with E-state index in [1.165, 1.54) is 0 Å². The molecule has 1 fully saturated rings. The van der Waals surface area contributed by atoms with Crippen molar-refractivity contribution in [3.63, 3.8) is 0 Å². The molecule has 1 saturated heterocycles. The average molecular weight is 469 g/mol. The molecule has 0 radical (unpaired) electrons. The van der Waals surface area contributed by atoms with E-state index in [0.717, 1.165) is 55.7 Å². The lowest BCUT2D eigenvalue weighted by atomic mass is 10.1. The molecule has 2 aliphatic heterocycles. The van der Waals surface area contributed by atoms with Crippen LogP contribution in [0, 0.1) is 0 Å². The Hall–Kier alpha value is -3.47. The van der Waals surface area contributed by atoms with Crippen LogP contribution in [0.4, 0.5) is 22.7 Å². The van der Waals surface area contributed by atoms with Crippen molar-refractivity contribution >= 4 is 28.7 Å². The first-order valence-corrected chi connectivity index (χ1v) is 11.3. The van der Waals surface area contributed by atoms with E-state index in [-0.39, 0.29) is 6.61 Å². The highest BCUT2D eigenvalue weighted by Crippen LogP contribution is 2.27. The maximum absolute atomic E-state index is 12.1. The number of hydrazine groups is 1. The van der Waals surface area contributed by atoms with Gasteiger partial charge in [-0.05, 0) is 43.3 Å². The number of piperazine rings is 1. The maximum Gasteiger partial charge on any atom is 0.338 e. The van der Waals surface area contributed by atoms with Gasteiger partial charge in [0.05, 0.1) is 36.4 Å². The number of allylic oxidation sites excluding steroid dienone is 1. The van der Waals surface area contributed by atoms with Crippen LogP contribution in [-0.2, 0) is 14.3 Å². The van der Waals surface area contributed by atoms with Crippen molar-refractivity contribution in [2.75, 3.05) is 69.1 Å². The number of anilines is 4. The second kappa shape index (κ2) is 11.1. The van der Waals surface area contributed by atoms with Crippen LogP contribution >= 0.6 is 0 Å².